The highest BCUT2D eigenvalue weighted by Gasteiger charge is 2.07. The third-order valence-corrected chi connectivity index (χ3v) is 1.02. The summed E-state index contributed by atoms with van der Waals surface area (Å²) in [6.07, 6.45) is 0.931. The molecule has 0 unspecified atom stereocenters. The van der Waals surface area contributed by atoms with Crippen LogP contribution < -0.4 is 5.53 Å². The van der Waals surface area contributed by atoms with Gasteiger partial charge in [0.25, 0.3) is 0 Å². The second kappa shape index (κ2) is 2.68. The molecular weight excluding hydrogens is 116 g/mol. The molecule has 0 bridgehead atoms. The summed E-state index contributed by atoms with van der Waals surface area (Å²) in [5, 5.41) is 11.3. The fourth-order valence-electron chi connectivity index (χ4n) is 0.669. The summed E-state index contributed by atoms with van der Waals surface area (Å²) in [6.45, 7) is 4.27. The minimum Gasteiger partial charge on any atom is -0.0780 e. The minimum atomic E-state index is 0.620. The topological polar surface area (TPSA) is 53.7 Å². The first kappa shape index (κ1) is 6.35. The lowest BCUT2D eigenvalue weighted by molar-refractivity contribution is -0.668. The summed E-state index contributed by atoms with van der Waals surface area (Å²) in [5.74, 6) is 1.47. The molecule has 0 amide bonds. The van der Waals surface area contributed by atoms with Gasteiger partial charge < -0.3 is 0 Å². The van der Waals surface area contributed by atoms with E-state index in [-0.39, 0.29) is 0 Å². The summed E-state index contributed by atoms with van der Waals surface area (Å²) in [6, 6.07) is 0. The molecule has 0 aromatic heterocycles. The molecule has 0 fully saturated rings. The van der Waals surface area contributed by atoms with Gasteiger partial charge in [0.05, 0.1) is 5.22 Å². The lowest BCUT2D eigenvalue weighted by Gasteiger charge is -1.95. The molecule has 0 aromatic rings. The van der Waals surface area contributed by atoms with Crippen molar-refractivity contribution in [2.75, 3.05) is 0 Å². The minimum absolute atomic E-state index is 0.620. The molecule has 0 saturated carbocycles. The van der Waals surface area contributed by atoms with Crippen molar-refractivity contribution in [3.8, 4) is 0 Å². The molecule has 2 N–H and O–H groups in total. The van der Waals surface area contributed by atoms with Gasteiger partial charge in [-0.2, -0.15) is 0 Å². The summed E-state index contributed by atoms with van der Waals surface area (Å²) in [5.41, 5.74) is 1.48. The second-order valence-electron chi connectivity index (χ2n) is 2.47. The van der Waals surface area contributed by atoms with Gasteiger partial charge in [-0.1, -0.05) is 24.5 Å². The predicted molar refractivity (Wildman–Crippen MR) is 33.7 cm³/mol. The fraction of sp³-hybridized carbons (Fsp3) is 0.800. The van der Waals surface area contributed by atoms with E-state index in [4.69, 9.17) is 0 Å². The van der Waals surface area contributed by atoms with E-state index < -0.39 is 0 Å². The Morgan fingerprint density at radius 2 is 2.33 bits per heavy atom. The van der Waals surface area contributed by atoms with E-state index in [9.17, 15) is 0 Å². The monoisotopic (exact) mass is 127 g/mol. The quantitative estimate of drug-likeness (QED) is 0.518. The maximum absolute atomic E-state index is 3.93. The van der Waals surface area contributed by atoms with Crippen LogP contribution in [0, 0.1) is 5.92 Å². The van der Waals surface area contributed by atoms with Crippen LogP contribution in [0.2, 0.25) is 0 Å². The van der Waals surface area contributed by atoms with Crippen molar-refractivity contribution >= 4 is 5.84 Å². The third kappa shape index (κ3) is 1.89. The van der Waals surface area contributed by atoms with Crippen LogP contribution in [0.15, 0.2) is 15.4 Å². The molecule has 0 radical (unpaired) electrons. The predicted octanol–water partition coefficient (Wildman–Crippen LogP) is 0.290. The first-order valence-corrected chi connectivity index (χ1v) is 3.08. The van der Waals surface area contributed by atoms with Crippen molar-refractivity contribution in [3.05, 3.63) is 0 Å². The van der Waals surface area contributed by atoms with Gasteiger partial charge >= 0.3 is 0 Å². The third-order valence-electron chi connectivity index (χ3n) is 1.02. The van der Waals surface area contributed by atoms with E-state index in [1.165, 1.54) is 5.53 Å². The van der Waals surface area contributed by atoms with Crippen LogP contribution in [0.1, 0.15) is 20.3 Å². The van der Waals surface area contributed by atoms with Gasteiger partial charge in [-0.25, -0.2) is 0 Å². The Hall–Kier alpha value is -0.770. The van der Waals surface area contributed by atoms with Crippen LogP contribution in [-0.2, 0) is 0 Å². The van der Waals surface area contributed by atoms with Crippen molar-refractivity contribution in [2.24, 2.45) is 21.4 Å². The van der Waals surface area contributed by atoms with Crippen LogP contribution >= 0.6 is 0 Å². The molecular formula is C5H11N4+. The summed E-state index contributed by atoms with van der Waals surface area (Å²) >= 11 is 0. The number of hydrogen-bond acceptors (Lipinski definition) is 3. The zero-order valence-corrected chi connectivity index (χ0v) is 5.70. The van der Waals surface area contributed by atoms with Gasteiger partial charge in [0, 0.05) is 6.42 Å². The highest BCUT2D eigenvalue weighted by molar-refractivity contribution is 5.82. The Morgan fingerprint density at radius 1 is 1.56 bits per heavy atom. The largest absolute Gasteiger partial charge is 0.214 e. The molecule has 9 heavy (non-hydrogen) atoms. The number of rotatable bonds is 2. The molecule has 1 heterocycles. The van der Waals surface area contributed by atoms with Crippen LogP contribution in [0.4, 0.5) is 0 Å². The maximum Gasteiger partial charge on any atom is 0.214 e. The van der Waals surface area contributed by atoms with E-state index in [0.29, 0.717) is 5.92 Å². The van der Waals surface area contributed by atoms with Crippen molar-refractivity contribution < 1.29 is 5.53 Å². The van der Waals surface area contributed by atoms with E-state index in [1.807, 2.05) is 0 Å². The van der Waals surface area contributed by atoms with Crippen molar-refractivity contribution in [1.82, 2.24) is 0 Å². The molecule has 4 heteroatoms. The molecule has 0 atom stereocenters. The Labute approximate surface area is 54.0 Å². The van der Waals surface area contributed by atoms with Crippen LogP contribution in [0.25, 0.3) is 0 Å². The Bertz CT molecular complexity index is 147. The molecule has 4 nitrogen and oxygen atoms in total. The average Bonchev–Trinajstić information content (AvgIpc) is 2.15. The van der Waals surface area contributed by atoms with Gasteiger partial charge in [0.15, 0.2) is 0 Å². The van der Waals surface area contributed by atoms with E-state index in [1.54, 1.807) is 0 Å². The van der Waals surface area contributed by atoms with E-state index in [0.717, 1.165) is 12.3 Å². The highest BCUT2D eigenvalue weighted by Crippen LogP contribution is 2.02. The standard InChI is InChI=1S/C5H10N4/c1-4(2)3-5-6-8-9-7-5/h4H,3H2,1-2H3,(H,6,7,8,9)/p+1. The second-order valence-corrected chi connectivity index (χ2v) is 2.47. The Morgan fingerprint density at radius 3 is 2.78 bits per heavy atom. The SMILES string of the molecule is CC(C)CC1=N[NH2+]N=N1. The fourth-order valence-corrected chi connectivity index (χ4v) is 0.669. The average molecular weight is 127 g/mol. The molecule has 50 valence electrons. The Balaban J connectivity index is 2.35. The first-order chi connectivity index (χ1) is 4.29. The van der Waals surface area contributed by atoms with Crippen molar-refractivity contribution in [2.45, 2.75) is 20.3 Å². The molecule has 0 aromatic carbocycles. The summed E-state index contributed by atoms with van der Waals surface area (Å²) < 4.78 is 0. The number of nitrogens with two attached hydrogens (primary N) is 1. The van der Waals surface area contributed by atoms with Crippen LogP contribution in [0.5, 0.6) is 0 Å². The van der Waals surface area contributed by atoms with Crippen molar-refractivity contribution in [3.63, 3.8) is 0 Å². The number of quaternary nitrogens is 1. The van der Waals surface area contributed by atoms with Gasteiger partial charge in [-0.3, -0.25) is 0 Å². The molecule has 0 spiro atoms. The van der Waals surface area contributed by atoms with Crippen molar-refractivity contribution in [1.29, 1.82) is 0 Å². The molecule has 0 saturated heterocycles. The number of amidine groups is 1. The molecule has 1 rings (SSSR count). The van der Waals surface area contributed by atoms with Gasteiger partial charge in [0.2, 0.25) is 5.84 Å². The normalized spacial score (nSPS) is 17.0. The van der Waals surface area contributed by atoms with E-state index >= 15 is 0 Å². The van der Waals surface area contributed by atoms with Gasteiger partial charge in [0.1, 0.15) is 0 Å². The highest BCUT2D eigenvalue weighted by atomic mass is 15.6. The molecule has 1 aliphatic heterocycles. The zero-order valence-electron chi connectivity index (χ0n) is 5.70. The maximum atomic E-state index is 3.93. The lowest BCUT2D eigenvalue weighted by Crippen LogP contribution is -2.69. The van der Waals surface area contributed by atoms with Crippen LogP contribution in [-0.4, -0.2) is 5.84 Å². The smallest absolute Gasteiger partial charge is 0.0780 e. The lowest BCUT2D eigenvalue weighted by atomic mass is 10.1. The Kier molecular flexibility index (Phi) is 1.89. The molecule has 1 aliphatic rings. The zero-order chi connectivity index (χ0) is 6.69. The van der Waals surface area contributed by atoms with Crippen LogP contribution in [0.3, 0.4) is 0 Å². The van der Waals surface area contributed by atoms with Gasteiger partial charge in [-0.15, -0.1) is 0 Å². The summed E-state index contributed by atoms with van der Waals surface area (Å²) in [4.78, 5) is 0. The summed E-state index contributed by atoms with van der Waals surface area (Å²) in [7, 11) is 0. The number of hydrogen-bond donors (Lipinski definition) is 1. The number of nitrogens with zero attached hydrogens (tertiary/aromatic N) is 3. The van der Waals surface area contributed by atoms with Gasteiger partial charge in [-0.05, 0) is 11.0 Å². The van der Waals surface area contributed by atoms with E-state index in [2.05, 4.69) is 29.3 Å². The molecule has 0 aliphatic carbocycles. The first-order valence-electron chi connectivity index (χ1n) is 3.08.